The molecule has 20 heavy (non-hydrogen) atoms. The molecule has 2 atom stereocenters. The first-order chi connectivity index (χ1) is 9.63. The fourth-order valence-corrected chi connectivity index (χ4v) is 3.84. The molecule has 2 aromatic carbocycles. The Bertz CT molecular complexity index is 597. The Morgan fingerprint density at radius 2 is 1.60 bits per heavy atom. The molecule has 0 aliphatic heterocycles. The zero-order valence-electron chi connectivity index (χ0n) is 12.2. The van der Waals surface area contributed by atoms with Crippen molar-refractivity contribution in [1.29, 1.82) is 0 Å². The van der Waals surface area contributed by atoms with Gasteiger partial charge in [0.05, 0.1) is 0 Å². The van der Waals surface area contributed by atoms with Crippen LogP contribution in [0.3, 0.4) is 0 Å². The summed E-state index contributed by atoms with van der Waals surface area (Å²) >= 11 is 3.53. The minimum absolute atomic E-state index is 0.608. The monoisotopic (exact) mass is 331 g/mol. The Morgan fingerprint density at radius 3 is 2.35 bits per heavy atom. The third-order valence-corrected chi connectivity index (χ3v) is 5.17. The van der Waals surface area contributed by atoms with E-state index < -0.39 is 0 Å². The fourth-order valence-electron chi connectivity index (χ4n) is 3.47. The van der Waals surface area contributed by atoms with Gasteiger partial charge in [0.2, 0.25) is 0 Å². The second-order valence-electron chi connectivity index (χ2n) is 6.26. The molecule has 0 bridgehead atoms. The summed E-state index contributed by atoms with van der Waals surface area (Å²) in [4.78, 5) is 0. The summed E-state index contributed by atoms with van der Waals surface area (Å²) in [6, 6.07) is 13.8. The predicted molar refractivity (Wildman–Crippen MR) is 91.2 cm³/mol. The maximum Gasteiger partial charge on any atom is 0.0348 e. The van der Waals surface area contributed by atoms with Gasteiger partial charge in [-0.3, -0.25) is 0 Å². The van der Waals surface area contributed by atoms with Crippen LogP contribution in [0.2, 0.25) is 0 Å². The number of halogens is 1. The Balaban J connectivity index is 1.85. The first kappa shape index (κ1) is 13.9. The molecule has 106 valence electrons. The summed E-state index contributed by atoms with van der Waals surface area (Å²) in [6.45, 7) is 4.76. The van der Waals surface area contributed by atoms with Crippen molar-refractivity contribution < 1.29 is 0 Å². The molecular formula is C18H22BrN. The molecule has 3 rings (SSSR count). The number of hydrogen-bond donors (Lipinski definition) is 1. The molecular weight excluding hydrogens is 310 g/mol. The standard InChI is InChI=1S/C18H22BrN/c1-12-4-3-5-13(2)18(12)20-17-9-7-14-10-16(19)8-6-15(14)11-17/h6-13,18,20H,3-5H2,1-2H3. The third kappa shape index (κ3) is 2.85. The maximum absolute atomic E-state index is 3.78. The quantitative estimate of drug-likeness (QED) is 0.728. The van der Waals surface area contributed by atoms with Gasteiger partial charge in [-0.25, -0.2) is 0 Å². The molecule has 1 nitrogen and oxygen atoms in total. The Kier molecular flexibility index (Phi) is 4.02. The zero-order chi connectivity index (χ0) is 14.1. The van der Waals surface area contributed by atoms with E-state index >= 15 is 0 Å². The third-order valence-electron chi connectivity index (χ3n) is 4.68. The largest absolute Gasteiger partial charge is 0.382 e. The summed E-state index contributed by atoms with van der Waals surface area (Å²) in [5.74, 6) is 1.53. The molecule has 0 amide bonds. The van der Waals surface area contributed by atoms with Crippen molar-refractivity contribution in [1.82, 2.24) is 0 Å². The lowest BCUT2D eigenvalue weighted by Crippen LogP contribution is -2.37. The lowest BCUT2D eigenvalue weighted by molar-refractivity contribution is 0.268. The van der Waals surface area contributed by atoms with Crippen LogP contribution >= 0.6 is 15.9 Å². The van der Waals surface area contributed by atoms with Gasteiger partial charge in [0.1, 0.15) is 0 Å². The summed E-state index contributed by atoms with van der Waals surface area (Å²) in [5, 5.41) is 6.36. The lowest BCUT2D eigenvalue weighted by atomic mass is 9.78. The second kappa shape index (κ2) is 5.77. The van der Waals surface area contributed by atoms with E-state index in [1.807, 2.05) is 0 Å². The van der Waals surface area contributed by atoms with E-state index in [1.165, 1.54) is 35.7 Å². The van der Waals surface area contributed by atoms with Gasteiger partial charge in [0.25, 0.3) is 0 Å². The van der Waals surface area contributed by atoms with Crippen molar-refractivity contribution in [3.63, 3.8) is 0 Å². The number of rotatable bonds is 2. The van der Waals surface area contributed by atoms with E-state index in [-0.39, 0.29) is 0 Å². The van der Waals surface area contributed by atoms with Crippen LogP contribution in [0.1, 0.15) is 33.1 Å². The molecule has 2 aromatic rings. The van der Waals surface area contributed by atoms with Crippen LogP contribution in [-0.4, -0.2) is 6.04 Å². The molecule has 0 heterocycles. The smallest absolute Gasteiger partial charge is 0.0348 e. The number of hydrogen-bond acceptors (Lipinski definition) is 1. The molecule has 2 heteroatoms. The van der Waals surface area contributed by atoms with E-state index in [2.05, 4.69) is 71.5 Å². The van der Waals surface area contributed by atoms with Crippen LogP contribution in [0.5, 0.6) is 0 Å². The van der Waals surface area contributed by atoms with Gasteiger partial charge >= 0.3 is 0 Å². The number of anilines is 1. The first-order valence-corrected chi connectivity index (χ1v) is 8.38. The minimum atomic E-state index is 0.608. The van der Waals surface area contributed by atoms with Crippen molar-refractivity contribution in [2.45, 2.75) is 39.2 Å². The van der Waals surface area contributed by atoms with E-state index in [9.17, 15) is 0 Å². The summed E-state index contributed by atoms with van der Waals surface area (Å²) < 4.78 is 1.14. The molecule has 1 fully saturated rings. The van der Waals surface area contributed by atoms with Crippen LogP contribution in [0.15, 0.2) is 40.9 Å². The highest BCUT2D eigenvalue weighted by Gasteiger charge is 2.27. The summed E-state index contributed by atoms with van der Waals surface area (Å²) in [6.07, 6.45) is 4.08. The van der Waals surface area contributed by atoms with Crippen molar-refractivity contribution in [3.05, 3.63) is 40.9 Å². The van der Waals surface area contributed by atoms with Crippen molar-refractivity contribution >= 4 is 32.4 Å². The molecule has 0 saturated heterocycles. The number of fused-ring (bicyclic) bond motifs is 1. The van der Waals surface area contributed by atoms with Gasteiger partial charge < -0.3 is 5.32 Å². The Morgan fingerprint density at radius 1 is 0.950 bits per heavy atom. The highest BCUT2D eigenvalue weighted by molar-refractivity contribution is 9.10. The average molecular weight is 332 g/mol. The topological polar surface area (TPSA) is 12.0 Å². The second-order valence-corrected chi connectivity index (χ2v) is 7.18. The van der Waals surface area contributed by atoms with E-state index in [4.69, 9.17) is 0 Å². The van der Waals surface area contributed by atoms with Crippen LogP contribution in [0.25, 0.3) is 10.8 Å². The minimum Gasteiger partial charge on any atom is -0.382 e. The maximum atomic E-state index is 3.78. The fraction of sp³-hybridized carbons (Fsp3) is 0.444. The molecule has 0 aromatic heterocycles. The molecule has 2 unspecified atom stereocenters. The number of nitrogens with one attached hydrogen (secondary N) is 1. The van der Waals surface area contributed by atoms with Crippen LogP contribution < -0.4 is 5.32 Å². The Labute approximate surface area is 129 Å². The van der Waals surface area contributed by atoms with E-state index in [0.29, 0.717) is 6.04 Å². The molecule has 1 aliphatic rings. The Hall–Kier alpha value is -1.02. The van der Waals surface area contributed by atoms with Gasteiger partial charge in [-0.1, -0.05) is 48.3 Å². The normalized spacial score (nSPS) is 26.6. The number of benzene rings is 2. The molecule has 0 spiro atoms. The van der Waals surface area contributed by atoms with E-state index in [0.717, 1.165) is 16.3 Å². The first-order valence-electron chi connectivity index (χ1n) is 7.59. The van der Waals surface area contributed by atoms with Gasteiger partial charge in [-0.05, 0) is 59.7 Å². The van der Waals surface area contributed by atoms with Gasteiger partial charge in [-0.15, -0.1) is 0 Å². The molecule has 0 radical (unpaired) electrons. The summed E-state index contributed by atoms with van der Waals surface area (Å²) in [5.41, 5.74) is 1.26. The molecule has 1 saturated carbocycles. The highest BCUT2D eigenvalue weighted by Crippen LogP contribution is 2.32. The van der Waals surface area contributed by atoms with Crippen molar-refractivity contribution in [2.75, 3.05) is 5.32 Å². The van der Waals surface area contributed by atoms with Crippen molar-refractivity contribution in [3.8, 4) is 0 Å². The van der Waals surface area contributed by atoms with Crippen LogP contribution in [0, 0.1) is 11.8 Å². The van der Waals surface area contributed by atoms with Gasteiger partial charge in [-0.2, -0.15) is 0 Å². The van der Waals surface area contributed by atoms with Gasteiger partial charge in [0.15, 0.2) is 0 Å². The van der Waals surface area contributed by atoms with Crippen LogP contribution in [0.4, 0.5) is 5.69 Å². The summed E-state index contributed by atoms with van der Waals surface area (Å²) in [7, 11) is 0. The average Bonchev–Trinajstić information content (AvgIpc) is 2.43. The molecule has 1 aliphatic carbocycles. The molecule has 1 N–H and O–H groups in total. The van der Waals surface area contributed by atoms with Gasteiger partial charge in [0, 0.05) is 16.2 Å². The van der Waals surface area contributed by atoms with E-state index in [1.54, 1.807) is 0 Å². The van der Waals surface area contributed by atoms with Crippen molar-refractivity contribution in [2.24, 2.45) is 11.8 Å². The predicted octanol–water partition coefficient (Wildman–Crippen LogP) is 5.84. The SMILES string of the molecule is CC1CCCC(C)C1Nc1ccc2cc(Br)ccc2c1. The lowest BCUT2D eigenvalue weighted by Gasteiger charge is -2.36. The van der Waals surface area contributed by atoms with Crippen LogP contribution in [-0.2, 0) is 0 Å². The zero-order valence-corrected chi connectivity index (χ0v) is 13.8. The highest BCUT2D eigenvalue weighted by atomic mass is 79.9.